The summed E-state index contributed by atoms with van der Waals surface area (Å²) in [5.74, 6) is 1.59. The first kappa shape index (κ1) is 39.1. The zero-order valence-corrected chi connectivity index (χ0v) is 37.8. The summed E-state index contributed by atoms with van der Waals surface area (Å²) in [4.78, 5) is 5.86. The van der Waals surface area contributed by atoms with Crippen LogP contribution in [0.5, 0.6) is 0 Å². The van der Waals surface area contributed by atoms with Crippen molar-refractivity contribution in [2.75, 3.05) is 0 Å². The molecule has 0 saturated heterocycles. The molecule has 4 unspecified atom stereocenters. The SMILES string of the molecule is c1ccc(C2=NC(c3ccc4c(c3)c3ccccc3c3cccc(-c5ccc6c(c5)c5ccccc5n6-c5ccc6ccccc6c5)c34)C3CC3CC(c3ccc(-c4ccccc4)cc3)C2)cc1. The highest BCUT2D eigenvalue weighted by molar-refractivity contribution is 6.28. The molecule has 1 aliphatic carbocycles. The molecule has 1 fully saturated rings. The number of rotatable bonds is 6. The lowest BCUT2D eigenvalue weighted by molar-refractivity contribution is 0.498. The Kier molecular flexibility index (Phi) is 9.08. The average molecular weight is 869 g/mol. The topological polar surface area (TPSA) is 17.3 Å². The third-order valence-electron chi connectivity index (χ3n) is 15.5. The first-order chi connectivity index (χ1) is 33.7. The van der Waals surface area contributed by atoms with Crippen LogP contribution in [0.15, 0.2) is 236 Å². The van der Waals surface area contributed by atoms with E-state index in [0.29, 0.717) is 17.8 Å². The standard InChI is InChI=1S/C66H48N2/c1-3-14-42(15-4-1)44-26-28-45(29-27-44)50-36-51-40-59(51)66(67-62(41-50)46-17-5-2-6-18-46)49-31-34-58-60(39-49)55-21-10-9-20-54(55)57-24-13-23-53(65(57)58)48-32-35-64-61(38-48)56-22-11-12-25-63(56)68(64)52-33-30-43-16-7-8-19-47(43)37-52/h1-35,37-39,50-51,59,66H,36,40-41H2. The summed E-state index contributed by atoms with van der Waals surface area (Å²) >= 11 is 0. The van der Waals surface area contributed by atoms with Crippen LogP contribution >= 0.6 is 0 Å². The highest BCUT2D eigenvalue weighted by Crippen LogP contribution is 2.56. The number of hydrogen-bond donors (Lipinski definition) is 0. The number of fused-ring (bicyclic) bond motifs is 11. The van der Waals surface area contributed by atoms with Gasteiger partial charge < -0.3 is 4.57 Å². The monoisotopic (exact) mass is 868 g/mol. The molecule has 2 aliphatic rings. The number of nitrogens with zero attached hydrogens (tertiary/aromatic N) is 2. The molecule has 68 heavy (non-hydrogen) atoms. The molecule has 1 saturated carbocycles. The van der Waals surface area contributed by atoms with Crippen LogP contribution in [0.2, 0.25) is 0 Å². The van der Waals surface area contributed by atoms with Crippen LogP contribution in [-0.2, 0) is 0 Å². The van der Waals surface area contributed by atoms with Gasteiger partial charge in [-0.1, -0.05) is 194 Å². The smallest absolute Gasteiger partial charge is 0.0783 e. The first-order valence-corrected chi connectivity index (χ1v) is 24.4. The lowest BCUT2D eigenvalue weighted by atomic mass is 9.83. The van der Waals surface area contributed by atoms with Crippen LogP contribution in [0.4, 0.5) is 0 Å². The summed E-state index contributed by atoms with van der Waals surface area (Å²) in [6.45, 7) is 0. The van der Waals surface area contributed by atoms with E-state index in [0.717, 1.165) is 6.42 Å². The van der Waals surface area contributed by atoms with Gasteiger partial charge in [0.05, 0.1) is 17.1 Å². The Morgan fingerprint density at radius 2 is 1.01 bits per heavy atom. The van der Waals surface area contributed by atoms with Crippen molar-refractivity contribution in [3.63, 3.8) is 0 Å². The zero-order valence-electron chi connectivity index (χ0n) is 37.8. The van der Waals surface area contributed by atoms with Crippen LogP contribution < -0.4 is 0 Å². The summed E-state index contributed by atoms with van der Waals surface area (Å²) in [6, 6.07) is 86.0. The predicted octanol–water partition coefficient (Wildman–Crippen LogP) is 17.5. The van der Waals surface area contributed by atoms with E-state index in [2.05, 4.69) is 235 Å². The van der Waals surface area contributed by atoms with Gasteiger partial charge in [0.2, 0.25) is 0 Å². The third kappa shape index (κ3) is 6.50. The molecule has 0 radical (unpaired) electrons. The van der Waals surface area contributed by atoms with Crippen molar-refractivity contribution in [1.29, 1.82) is 0 Å². The largest absolute Gasteiger partial charge is 0.309 e. The quantitative estimate of drug-likeness (QED) is 0.148. The fourth-order valence-corrected chi connectivity index (χ4v) is 12.1. The average Bonchev–Trinajstić information content (AvgIpc) is 4.08. The minimum atomic E-state index is 0.105. The fraction of sp³-hybridized carbons (Fsp3) is 0.106. The zero-order chi connectivity index (χ0) is 44.7. The Morgan fingerprint density at radius 1 is 0.382 bits per heavy atom. The normalized spacial score (nSPS) is 18.2. The molecule has 0 N–H and O–H groups in total. The van der Waals surface area contributed by atoms with Crippen LogP contribution in [0.25, 0.3) is 92.8 Å². The number of aliphatic imine (C=N–C) groups is 1. The van der Waals surface area contributed by atoms with Crippen molar-refractivity contribution in [1.82, 2.24) is 4.57 Å². The summed E-state index contributed by atoms with van der Waals surface area (Å²) in [6.07, 6.45) is 3.34. The summed E-state index contributed by atoms with van der Waals surface area (Å²) < 4.78 is 2.43. The van der Waals surface area contributed by atoms with E-state index in [1.807, 2.05) is 0 Å². The van der Waals surface area contributed by atoms with Crippen molar-refractivity contribution < 1.29 is 0 Å². The van der Waals surface area contributed by atoms with Gasteiger partial charge in [-0.25, -0.2) is 0 Å². The Hall–Kier alpha value is -8.07. The molecule has 11 aromatic carbocycles. The first-order valence-electron chi connectivity index (χ1n) is 24.4. The Labute approximate surface area is 396 Å². The molecule has 1 aliphatic heterocycles. The minimum Gasteiger partial charge on any atom is -0.309 e. The van der Waals surface area contributed by atoms with Crippen LogP contribution in [0.1, 0.15) is 47.9 Å². The molecule has 1 aromatic heterocycles. The van der Waals surface area contributed by atoms with Gasteiger partial charge in [-0.05, 0) is 155 Å². The van der Waals surface area contributed by atoms with Crippen molar-refractivity contribution in [3.8, 4) is 27.9 Å². The van der Waals surface area contributed by atoms with Gasteiger partial charge in [0.1, 0.15) is 0 Å². The maximum Gasteiger partial charge on any atom is 0.0783 e. The summed E-state index contributed by atoms with van der Waals surface area (Å²) in [7, 11) is 0. The van der Waals surface area contributed by atoms with Crippen LogP contribution in [0.3, 0.4) is 0 Å². The van der Waals surface area contributed by atoms with Crippen molar-refractivity contribution >= 4 is 70.6 Å². The molecular formula is C66H48N2. The Bertz CT molecular complexity index is 3950. The fourth-order valence-electron chi connectivity index (χ4n) is 12.1. The van der Waals surface area contributed by atoms with E-state index in [1.165, 1.54) is 128 Å². The molecule has 0 amide bonds. The molecular weight excluding hydrogens is 821 g/mol. The van der Waals surface area contributed by atoms with Gasteiger partial charge in [-0.15, -0.1) is 0 Å². The second-order valence-corrected chi connectivity index (χ2v) is 19.4. The third-order valence-corrected chi connectivity index (χ3v) is 15.5. The van der Waals surface area contributed by atoms with E-state index in [-0.39, 0.29) is 6.04 Å². The molecule has 2 heteroatoms. The second-order valence-electron chi connectivity index (χ2n) is 19.4. The van der Waals surface area contributed by atoms with E-state index >= 15 is 0 Å². The molecule has 0 spiro atoms. The van der Waals surface area contributed by atoms with Crippen molar-refractivity contribution in [3.05, 3.63) is 247 Å². The minimum absolute atomic E-state index is 0.105. The molecule has 322 valence electrons. The molecule has 4 atom stereocenters. The predicted molar refractivity (Wildman–Crippen MR) is 287 cm³/mol. The van der Waals surface area contributed by atoms with Crippen molar-refractivity contribution in [2.45, 2.75) is 31.2 Å². The number of hydrogen-bond acceptors (Lipinski definition) is 1. The summed E-state index contributed by atoms with van der Waals surface area (Å²) in [5, 5.41) is 12.8. The van der Waals surface area contributed by atoms with Gasteiger partial charge in [0.15, 0.2) is 0 Å². The van der Waals surface area contributed by atoms with E-state index < -0.39 is 0 Å². The van der Waals surface area contributed by atoms with Gasteiger partial charge >= 0.3 is 0 Å². The maximum absolute atomic E-state index is 5.86. The molecule has 2 heterocycles. The summed E-state index contributed by atoms with van der Waals surface area (Å²) in [5.41, 5.74) is 13.8. The maximum atomic E-state index is 5.86. The highest BCUT2D eigenvalue weighted by Gasteiger charge is 2.46. The van der Waals surface area contributed by atoms with Crippen molar-refractivity contribution in [2.24, 2.45) is 16.8 Å². The molecule has 12 aromatic rings. The molecule has 0 bridgehead atoms. The number of para-hydroxylation sites is 1. The van der Waals surface area contributed by atoms with Crippen LogP contribution in [-0.4, -0.2) is 10.3 Å². The highest BCUT2D eigenvalue weighted by atomic mass is 15.0. The Balaban J connectivity index is 0.898. The second kappa shape index (κ2) is 15.8. The number of benzene rings is 11. The van der Waals surface area contributed by atoms with Crippen LogP contribution in [0, 0.1) is 11.8 Å². The van der Waals surface area contributed by atoms with E-state index in [4.69, 9.17) is 4.99 Å². The van der Waals surface area contributed by atoms with E-state index in [9.17, 15) is 0 Å². The van der Waals surface area contributed by atoms with Gasteiger partial charge in [-0.2, -0.15) is 0 Å². The van der Waals surface area contributed by atoms with E-state index in [1.54, 1.807) is 0 Å². The Morgan fingerprint density at radius 3 is 1.84 bits per heavy atom. The lowest BCUT2D eigenvalue weighted by Crippen LogP contribution is -2.16. The van der Waals surface area contributed by atoms with Gasteiger partial charge in [-0.3, -0.25) is 4.99 Å². The molecule has 2 nitrogen and oxygen atoms in total. The lowest BCUT2D eigenvalue weighted by Gasteiger charge is -2.25. The van der Waals surface area contributed by atoms with Gasteiger partial charge in [0.25, 0.3) is 0 Å². The number of aromatic nitrogens is 1. The molecule has 14 rings (SSSR count). The van der Waals surface area contributed by atoms with Gasteiger partial charge in [0, 0.05) is 22.2 Å².